The predicted octanol–water partition coefficient (Wildman–Crippen LogP) is 2.83. The zero-order chi connectivity index (χ0) is 19.9. The van der Waals surface area contributed by atoms with Crippen LogP contribution in [-0.4, -0.2) is 57.1 Å². The zero-order valence-corrected chi connectivity index (χ0v) is 16.9. The lowest BCUT2D eigenvalue weighted by Gasteiger charge is -2.51. The molecule has 0 unspecified atom stereocenters. The molecule has 2 atom stereocenters. The third kappa shape index (κ3) is 3.62. The van der Waals surface area contributed by atoms with E-state index in [4.69, 9.17) is 14.1 Å². The molecule has 28 heavy (non-hydrogen) atoms. The fourth-order valence-electron chi connectivity index (χ4n) is 4.36. The molecule has 0 saturated carbocycles. The van der Waals surface area contributed by atoms with E-state index in [-0.39, 0.29) is 0 Å². The summed E-state index contributed by atoms with van der Waals surface area (Å²) in [6.45, 7) is 8.51. The van der Waals surface area contributed by atoms with Crippen molar-refractivity contribution < 1.29 is 19.4 Å². The quantitative estimate of drug-likeness (QED) is 0.845. The summed E-state index contributed by atoms with van der Waals surface area (Å²) in [4.78, 5) is 7.03. The van der Waals surface area contributed by atoms with Gasteiger partial charge in [0.2, 0.25) is 5.89 Å². The number of ether oxygens (including phenoxy) is 1. The van der Waals surface area contributed by atoms with Crippen LogP contribution >= 0.6 is 0 Å². The third-order valence-corrected chi connectivity index (χ3v) is 6.35. The first-order valence-electron chi connectivity index (χ1n) is 10.1. The summed E-state index contributed by atoms with van der Waals surface area (Å²) in [5, 5.41) is 21.1. The second kappa shape index (κ2) is 7.26. The highest BCUT2D eigenvalue weighted by molar-refractivity contribution is 5.54. The van der Waals surface area contributed by atoms with Crippen molar-refractivity contribution in [3.05, 3.63) is 41.3 Å². The van der Waals surface area contributed by atoms with E-state index >= 15 is 0 Å². The fourth-order valence-corrected chi connectivity index (χ4v) is 4.36. The van der Waals surface area contributed by atoms with Crippen LogP contribution in [0.2, 0.25) is 0 Å². The second-order valence-corrected chi connectivity index (χ2v) is 8.59. The van der Waals surface area contributed by atoms with Crippen molar-refractivity contribution in [2.75, 3.05) is 19.7 Å². The van der Waals surface area contributed by atoms with Crippen LogP contribution in [0, 0.1) is 13.8 Å². The van der Waals surface area contributed by atoms with Crippen LogP contribution in [-0.2, 0) is 11.3 Å². The lowest BCUT2D eigenvalue weighted by Crippen LogP contribution is -2.64. The minimum Gasteiger partial charge on any atom is -0.441 e. The average molecular weight is 386 g/mol. The van der Waals surface area contributed by atoms with Crippen molar-refractivity contribution in [2.24, 2.45) is 0 Å². The minimum absolute atomic E-state index is 0.472. The van der Waals surface area contributed by atoms with E-state index in [0.717, 1.165) is 30.1 Å². The monoisotopic (exact) mass is 386 g/mol. The number of likely N-dealkylation sites (tertiary alicyclic amines) is 1. The first kappa shape index (κ1) is 19.6. The Hall–Kier alpha value is -1.73. The molecule has 0 amide bonds. The number of oxazole rings is 1. The van der Waals surface area contributed by atoms with Gasteiger partial charge < -0.3 is 19.4 Å². The van der Waals surface area contributed by atoms with Crippen LogP contribution in [0.5, 0.6) is 0 Å². The van der Waals surface area contributed by atoms with E-state index in [9.17, 15) is 10.2 Å². The van der Waals surface area contributed by atoms with Crippen molar-refractivity contribution in [2.45, 2.75) is 63.9 Å². The summed E-state index contributed by atoms with van der Waals surface area (Å²) >= 11 is 0. The summed E-state index contributed by atoms with van der Waals surface area (Å²) in [5.74, 6) is 1.50. The molecule has 152 valence electrons. The van der Waals surface area contributed by atoms with Gasteiger partial charge in [0.25, 0.3) is 0 Å². The summed E-state index contributed by atoms with van der Waals surface area (Å²) in [6, 6.07) is 8.18. The van der Waals surface area contributed by atoms with Gasteiger partial charge in [-0.1, -0.05) is 17.7 Å². The van der Waals surface area contributed by atoms with E-state index in [1.165, 1.54) is 5.56 Å². The highest BCUT2D eigenvalue weighted by Gasteiger charge is 2.52. The molecule has 2 aliphatic rings. The van der Waals surface area contributed by atoms with E-state index < -0.39 is 17.3 Å². The molecule has 4 rings (SSSR count). The molecule has 0 bridgehead atoms. The number of aromatic nitrogens is 1. The van der Waals surface area contributed by atoms with Crippen molar-refractivity contribution >= 4 is 0 Å². The Bertz CT molecular complexity index is 820. The SMILES string of the molecule is Cc1ccc(-c2nc(CN3CCC4(CC3)OCC[C@@](C)(O)[C@@H]4O)c(C)o2)cc1. The fraction of sp³-hybridized carbons (Fsp3) is 0.591. The Morgan fingerprint density at radius 2 is 1.82 bits per heavy atom. The number of rotatable bonds is 3. The number of hydrogen-bond acceptors (Lipinski definition) is 6. The average Bonchev–Trinajstić information content (AvgIpc) is 3.03. The molecule has 1 aromatic heterocycles. The van der Waals surface area contributed by atoms with Crippen LogP contribution in [0.3, 0.4) is 0 Å². The molecule has 6 heteroatoms. The molecule has 0 aliphatic carbocycles. The zero-order valence-electron chi connectivity index (χ0n) is 16.9. The van der Waals surface area contributed by atoms with Crippen LogP contribution in [0.1, 0.15) is 43.2 Å². The Morgan fingerprint density at radius 3 is 2.50 bits per heavy atom. The Kier molecular flexibility index (Phi) is 5.08. The first-order chi connectivity index (χ1) is 13.3. The standard InChI is InChI=1S/C22H30N2O4/c1-15-4-6-17(7-5-15)19-23-18(16(2)28-19)14-24-11-8-22(9-12-24)20(25)21(3,26)10-13-27-22/h4-7,20,25-26H,8-14H2,1-3H3/t20-,21+/m0/s1. The Balaban J connectivity index is 1.42. The number of aryl methyl sites for hydroxylation is 2. The molecular formula is C22H30N2O4. The molecule has 1 aromatic carbocycles. The topological polar surface area (TPSA) is 79.0 Å². The molecule has 0 radical (unpaired) electrons. The molecule has 6 nitrogen and oxygen atoms in total. The van der Waals surface area contributed by atoms with Crippen molar-refractivity contribution in [1.82, 2.24) is 9.88 Å². The summed E-state index contributed by atoms with van der Waals surface area (Å²) in [5.41, 5.74) is 1.43. The maximum atomic E-state index is 10.7. The van der Waals surface area contributed by atoms with Gasteiger partial charge in [0.15, 0.2) is 0 Å². The lowest BCUT2D eigenvalue weighted by molar-refractivity contribution is -0.246. The highest BCUT2D eigenvalue weighted by Crippen LogP contribution is 2.40. The molecule has 2 saturated heterocycles. The first-order valence-corrected chi connectivity index (χ1v) is 10.1. The van der Waals surface area contributed by atoms with Gasteiger partial charge in [0.05, 0.1) is 23.5 Å². The largest absolute Gasteiger partial charge is 0.441 e. The Labute approximate surface area is 166 Å². The molecular weight excluding hydrogens is 356 g/mol. The number of nitrogens with zero attached hydrogens (tertiary/aromatic N) is 2. The van der Waals surface area contributed by atoms with Crippen molar-refractivity contribution in [1.29, 1.82) is 0 Å². The summed E-state index contributed by atoms with van der Waals surface area (Å²) in [6.07, 6.45) is 1.02. The van der Waals surface area contributed by atoms with E-state index in [2.05, 4.69) is 24.0 Å². The van der Waals surface area contributed by atoms with Crippen LogP contribution < -0.4 is 0 Å². The number of aliphatic hydroxyl groups excluding tert-OH is 1. The number of hydrogen-bond donors (Lipinski definition) is 2. The summed E-state index contributed by atoms with van der Waals surface area (Å²) < 4.78 is 11.9. The highest BCUT2D eigenvalue weighted by atomic mass is 16.5. The molecule has 2 aliphatic heterocycles. The van der Waals surface area contributed by atoms with E-state index in [1.54, 1.807) is 6.92 Å². The van der Waals surface area contributed by atoms with Gasteiger partial charge in [-0.3, -0.25) is 4.90 Å². The smallest absolute Gasteiger partial charge is 0.226 e. The van der Waals surface area contributed by atoms with Gasteiger partial charge in [-0.25, -0.2) is 4.98 Å². The molecule has 2 fully saturated rings. The molecule has 1 spiro atoms. The van der Waals surface area contributed by atoms with Gasteiger partial charge in [-0.15, -0.1) is 0 Å². The van der Waals surface area contributed by atoms with Gasteiger partial charge in [0, 0.05) is 31.6 Å². The number of piperidine rings is 1. The number of benzene rings is 1. The lowest BCUT2D eigenvalue weighted by atomic mass is 9.75. The molecule has 2 aromatic rings. The maximum absolute atomic E-state index is 10.7. The van der Waals surface area contributed by atoms with Gasteiger partial charge >= 0.3 is 0 Å². The predicted molar refractivity (Wildman–Crippen MR) is 106 cm³/mol. The van der Waals surface area contributed by atoms with Crippen LogP contribution in [0.25, 0.3) is 11.5 Å². The van der Waals surface area contributed by atoms with Crippen molar-refractivity contribution in [3.8, 4) is 11.5 Å². The molecule has 2 N–H and O–H groups in total. The molecule has 3 heterocycles. The minimum atomic E-state index is -1.08. The number of aliphatic hydroxyl groups is 2. The van der Waals surface area contributed by atoms with Gasteiger partial charge in [0.1, 0.15) is 11.9 Å². The van der Waals surface area contributed by atoms with Crippen LogP contribution in [0.15, 0.2) is 28.7 Å². The normalized spacial score (nSPS) is 28.0. The Morgan fingerprint density at radius 1 is 1.14 bits per heavy atom. The summed E-state index contributed by atoms with van der Waals surface area (Å²) in [7, 11) is 0. The third-order valence-electron chi connectivity index (χ3n) is 6.35. The van der Waals surface area contributed by atoms with Gasteiger partial charge in [-0.2, -0.15) is 0 Å². The van der Waals surface area contributed by atoms with E-state index in [0.29, 0.717) is 38.3 Å². The van der Waals surface area contributed by atoms with E-state index in [1.807, 2.05) is 19.1 Å². The second-order valence-electron chi connectivity index (χ2n) is 8.59. The van der Waals surface area contributed by atoms with Gasteiger partial charge in [-0.05, 0) is 45.7 Å². The maximum Gasteiger partial charge on any atom is 0.226 e. The van der Waals surface area contributed by atoms with Crippen LogP contribution in [0.4, 0.5) is 0 Å². The van der Waals surface area contributed by atoms with Crippen molar-refractivity contribution in [3.63, 3.8) is 0 Å².